The van der Waals surface area contributed by atoms with Crippen LogP contribution < -0.4 is 11.1 Å². The molecule has 0 aliphatic carbocycles. The molecule has 0 aliphatic heterocycles. The first-order valence-corrected chi connectivity index (χ1v) is 8.58. The largest absolute Gasteiger partial charge is 0.358 e. The molecule has 0 radical (unpaired) electrons. The van der Waals surface area contributed by atoms with Crippen LogP contribution >= 0.6 is 37.2 Å². The van der Waals surface area contributed by atoms with Crippen molar-refractivity contribution in [2.45, 2.75) is 13.0 Å². The summed E-state index contributed by atoms with van der Waals surface area (Å²) in [6.45, 7) is 1.64. The normalized spacial score (nSPS) is 10.8. The summed E-state index contributed by atoms with van der Waals surface area (Å²) in [6.07, 6.45) is 0. The number of hydrogen-bond donors (Lipinski definition) is 2. The van der Waals surface area contributed by atoms with E-state index in [-0.39, 0.29) is 11.9 Å². The summed E-state index contributed by atoms with van der Waals surface area (Å²) in [5, 5.41) is 2.40. The Kier molecular flexibility index (Phi) is 12.4. The van der Waals surface area contributed by atoms with Gasteiger partial charge in [0.05, 0.1) is 6.04 Å². The molecule has 1 unspecified atom stereocenters. The van der Waals surface area contributed by atoms with Crippen LogP contribution in [0.1, 0.15) is 6.92 Å². The van der Waals surface area contributed by atoms with Crippen LogP contribution in [-0.2, 0) is 4.79 Å². The van der Waals surface area contributed by atoms with E-state index >= 15 is 0 Å². The SMILES string of the molecule is CNC(=O)C(C)N.II. The van der Waals surface area contributed by atoms with Gasteiger partial charge in [-0.3, -0.25) is 4.79 Å². The van der Waals surface area contributed by atoms with Gasteiger partial charge in [-0.05, 0) is 6.92 Å². The van der Waals surface area contributed by atoms with Crippen LogP contribution in [0.25, 0.3) is 0 Å². The summed E-state index contributed by atoms with van der Waals surface area (Å²) in [4.78, 5) is 10.3. The van der Waals surface area contributed by atoms with E-state index in [1.54, 1.807) is 14.0 Å². The third-order valence-electron chi connectivity index (χ3n) is 0.660. The van der Waals surface area contributed by atoms with Crippen LogP contribution in [0, 0.1) is 0 Å². The van der Waals surface area contributed by atoms with E-state index in [1.165, 1.54) is 0 Å². The molecule has 5 heteroatoms. The third-order valence-corrected chi connectivity index (χ3v) is 0.660. The zero-order valence-corrected chi connectivity index (χ0v) is 9.63. The molecule has 0 heterocycles. The lowest BCUT2D eigenvalue weighted by Crippen LogP contribution is -2.35. The number of amides is 1. The lowest BCUT2D eigenvalue weighted by molar-refractivity contribution is -0.121. The highest BCUT2D eigenvalue weighted by molar-refractivity contribution is 15.0. The summed E-state index contributed by atoms with van der Waals surface area (Å²) in [5.74, 6) is -0.125. The fourth-order valence-corrected chi connectivity index (χ4v) is 0.228. The Hall–Kier alpha value is 0.890. The highest BCUT2D eigenvalue weighted by Crippen LogP contribution is 1.89. The molecule has 0 saturated heterocycles. The quantitative estimate of drug-likeness (QED) is 0.685. The van der Waals surface area contributed by atoms with Crippen LogP contribution in [0.3, 0.4) is 0 Å². The number of carbonyl (C=O) groups is 1. The minimum Gasteiger partial charge on any atom is -0.358 e. The number of hydrogen-bond acceptors (Lipinski definition) is 2. The Morgan fingerprint density at radius 2 is 2.00 bits per heavy atom. The predicted octanol–water partition coefficient (Wildman–Crippen LogP) is 0.851. The smallest absolute Gasteiger partial charge is 0.236 e. The van der Waals surface area contributed by atoms with Gasteiger partial charge >= 0.3 is 0 Å². The molecule has 0 spiro atoms. The first kappa shape index (κ1) is 12.6. The molecule has 0 rings (SSSR count). The topological polar surface area (TPSA) is 55.1 Å². The van der Waals surface area contributed by atoms with Gasteiger partial charge in [0.15, 0.2) is 0 Å². The number of carbonyl (C=O) groups excluding carboxylic acids is 1. The van der Waals surface area contributed by atoms with E-state index in [0.717, 1.165) is 0 Å². The van der Waals surface area contributed by atoms with Crippen LogP contribution in [0.4, 0.5) is 0 Å². The lowest BCUT2D eigenvalue weighted by atomic mass is 10.3. The van der Waals surface area contributed by atoms with Crippen molar-refractivity contribution >= 4 is 43.1 Å². The van der Waals surface area contributed by atoms with Crippen LogP contribution in [0.5, 0.6) is 0 Å². The van der Waals surface area contributed by atoms with Gasteiger partial charge in [0.25, 0.3) is 0 Å². The average molecular weight is 356 g/mol. The Labute approximate surface area is 78.5 Å². The fourth-order valence-electron chi connectivity index (χ4n) is 0.228. The number of nitrogens with two attached hydrogens (primary N) is 1. The fraction of sp³-hybridized carbons (Fsp3) is 0.750. The van der Waals surface area contributed by atoms with E-state index in [9.17, 15) is 4.79 Å². The molecule has 1 atom stereocenters. The number of rotatable bonds is 1. The molecule has 0 bridgehead atoms. The Bertz CT molecular complexity index is 77.0. The molecule has 0 aromatic heterocycles. The molecule has 0 fully saturated rings. The Balaban J connectivity index is 0. The number of likely N-dealkylation sites (N-methyl/N-ethyl adjacent to an activating group) is 1. The van der Waals surface area contributed by atoms with E-state index in [4.69, 9.17) is 5.73 Å². The molecular formula is C4H10I2N2O. The maximum absolute atomic E-state index is 10.3. The minimum atomic E-state index is -0.384. The van der Waals surface area contributed by atoms with Gasteiger partial charge in [-0.15, -0.1) is 0 Å². The van der Waals surface area contributed by atoms with Gasteiger partial charge in [-0.25, -0.2) is 0 Å². The number of halogens is 2. The van der Waals surface area contributed by atoms with Gasteiger partial charge in [0.2, 0.25) is 5.91 Å². The van der Waals surface area contributed by atoms with Crippen molar-refractivity contribution in [3.8, 4) is 0 Å². The summed E-state index contributed by atoms with van der Waals surface area (Å²) >= 11 is 4.24. The van der Waals surface area contributed by atoms with Crippen molar-refractivity contribution in [1.82, 2.24) is 5.32 Å². The van der Waals surface area contributed by atoms with Crippen LogP contribution in [0.15, 0.2) is 0 Å². The van der Waals surface area contributed by atoms with Gasteiger partial charge < -0.3 is 11.1 Å². The van der Waals surface area contributed by atoms with Crippen LogP contribution in [0.2, 0.25) is 0 Å². The van der Waals surface area contributed by atoms with Crippen molar-refractivity contribution in [3.63, 3.8) is 0 Å². The molecular weight excluding hydrogens is 346 g/mol. The summed E-state index contributed by atoms with van der Waals surface area (Å²) in [7, 11) is 1.56. The molecule has 0 saturated carbocycles. The van der Waals surface area contributed by atoms with Gasteiger partial charge in [0.1, 0.15) is 0 Å². The second kappa shape index (κ2) is 8.89. The van der Waals surface area contributed by atoms with Crippen molar-refractivity contribution in [3.05, 3.63) is 0 Å². The summed E-state index contributed by atoms with van der Waals surface area (Å²) < 4.78 is 0. The molecule has 3 nitrogen and oxygen atoms in total. The van der Waals surface area contributed by atoms with Gasteiger partial charge in [-0.2, -0.15) is 0 Å². The van der Waals surface area contributed by atoms with E-state index in [2.05, 4.69) is 42.5 Å². The Morgan fingerprint density at radius 1 is 1.67 bits per heavy atom. The van der Waals surface area contributed by atoms with Crippen molar-refractivity contribution in [2.24, 2.45) is 5.73 Å². The van der Waals surface area contributed by atoms with E-state index in [1.807, 2.05) is 0 Å². The average Bonchev–Trinajstić information content (AvgIpc) is 1.91. The second-order valence-electron chi connectivity index (χ2n) is 1.40. The third kappa shape index (κ3) is 8.89. The standard InChI is InChI=1S/C4H10N2O.I2/c1-3(5)4(7)6-2;1-2/h3H,5H2,1-2H3,(H,6,7);. The van der Waals surface area contributed by atoms with Crippen LogP contribution in [-0.4, -0.2) is 19.0 Å². The number of nitrogens with one attached hydrogen (secondary N) is 1. The molecule has 56 valence electrons. The highest BCUT2D eigenvalue weighted by atomic mass is 128. The zero-order chi connectivity index (χ0) is 7.86. The highest BCUT2D eigenvalue weighted by Gasteiger charge is 2.00. The lowest BCUT2D eigenvalue weighted by Gasteiger charge is -1.99. The molecule has 9 heavy (non-hydrogen) atoms. The molecule has 1 amide bonds. The zero-order valence-electron chi connectivity index (χ0n) is 5.32. The van der Waals surface area contributed by atoms with Crippen molar-refractivity contribution in [2.75, 3.05) is 7.05 Å². The second-order valence-corrected chi connectivity index (χ2v) is 1.40. The van der Waals surface area contributed by atoms with E-state index < -0.39 is 0 Å². The first-order chi connectivity index (χ1) is 4.18. The van der Waals surface area contributed by atoms with E-state index in [0.29, 0.717) is 0 Å². The van der Waals surface area contributed by atoms with Crippen molar-refractivity contribution in [1.29, 1.82) is 0 Å². The van der Waals surface area contributed by atoms with Gasteiger partial charge in [-0.1, -0.05) is 0 Å². The maximum Gasteiger partial charge on any atom is 0.236 e. The molecule has 0 aromatic rings. The monoisotopic (exact) mass is 356 g/mol. The first-order valence-electron chi connectivity index (χ1n) is 2.30. The molecule has 0 aromatic carbocycles. The Morgan fingerprint density at radius 3 is 2.00 bits per heavy atom. The summed E-state index contributed by atoms with van der Waals surface area (Å²) in [5.41, 5.74) is 5.13. The predicted molar refractivity (Wildman–Crippen MR) is 55.8 cm³/mol. The molecule has 0 aliphatic rings. The maximum atomic E-state index is 10.3. The van der Waals surface area contributed by atoms with Gasteiger partial charge in [0, 0.05) is 44.3 Å². The molecule has 3 N–H and O–H groups in total. The van der Waals surface area contributed by atoms with Crippen molar-refractivity contribution < 1.29 is 4.79 Å². The minimum absolute atomic E-state index is 0.125. The summed E-state index contributed by atoms with van der Waals surface area (Å²) in [6, 6.07) is -0.384.